The van der Waals surface area contributed by atoms with Crippen LogP contribution in [0, 0.1) is 13.8 Å². The summed E-state index contributed by atoms with van der Waals surface area (Å²) in [5.41, 5.74) is 2.38. The molecule has 0 aliphatic heterocycles. The van der Waals surface area contributed by atoms with Crippen molar-refractivity contribution in [3.8, 4) is 0 Å². The van der Waals surface area contributed by atoms with Gasteiger partial charge in [-0.2, -0.15) is 0 Å². The quantitative estimate of drug-likeness (QED) is 0.795. The van der Waals surface area contributed by atoms with Crippen LogP contribution in [0.5, 0.6) is 0 Å². The summed E-state index contributed by atoms with van der Waals surface area (Å²) >= 11 is 1.50. The molecule has 0 unspecified atom stereocenters. The summed E-state index contributed by atoms with van der Waals surface area (Å²) in [6.07, 6.45) is 0. The summed E-state index contributed by atoms with van der Waals surface area (Å²) in [6, 6.07) is 5.97. The fourth-order valence-corrected chi connectivity index (χ4v) is 2.96. The number of methoxy groups -OCH3 is 1. The van der Waals surface area contributed by atoms with Gasteiger partial charge in [0.15, 0.2) is 10.8 Å². The molecule has 5 nitrogen and oxygen atoms in total. The van der Waals surface area contributed by atoms with Crippen LogP contribution in [0.1, 0.15) is 33.7 Å². The molecule has 0 saturated carbocycles. The molecule has 6 heteroatoms. The van der Waals surface area contributed by atoms with E-state index in [0.717, 1.165) is 27.9 Å². The van der Waals surface area contributed by atoms with E-state index < -0.39 is 0 Å². The third-order valence-corrected chi connectivity index (χ3v) is 4.15. The highest BCUT2D eigenvalue weighted by Gasteiger charge is 2.19. The molecule has 2 rings (SSSR count). The summed E-state index contributed by atoms with van der Waals surface area (Å²) in [6.45, 7) is 7.38. The van der Waals surface area contributed by atoms with Gasteiger partial charge in [0.2, 0.25) is 0 Å². The predicted octanol–water partition coefficient (Wildman–Crippen LogP) is 2.97. The zero-order chi connectivity index (χ0) is 15.4. The minimum absolute atomic E-state index is 0.389. The van der Waals surface area contributed by atoms with Crippen molar-refractivity contribution in [2.75, 3.05) is 18.6 Å². The minimum Gasteiger partial charge on any atom is -0.464 e. The fraction of sp³-hybridized carbons (Fsp3) is 0.400. The number of esters is 1. The topological polar surface area (TPSA) is 55.3 Å². The van der Waals surface area contributed by atoms with E-state index in [4.69, 9.17) is 4.74 Å². The zero-order valence-electron chi connectivity index (χ0n) is 12.7. The van der Waals surface area contributed by atoms with Crippen molar-refractivity contribution in [1.82, 2.24) is 9.97 Å². The summed E-state index contributed by atoms with van der Waals surface area (Å²) < 4.78 is 4.75. The Morgan fingerprint density at radius 3 is 2.71 bits per heavy atom. The van der Waals surface area contributed by atoms with E-state index in [-0.39, 0.29) is 5.97 Å². The number of anilines is 1. The first kappa shape index (κ1) is 15.4. The molecule has 0 bridgehead atoms. The van der Waals surface area contributed by atoms with Crippen LogP contribution in [0.2, 0.25) is 0 Å². The molecular formula is C15H19N3O2S. The van der Waals surface area contributed by atoms with E-state index in [9.17, 15) is 4.79 Å². The maximum absolute atomic E-state index is 11.7. The van der Waals surface area contributed by atoms with Gasteiger partial charge >= 0.3 is 5.97 Å². The van der Waals surface area contributed by atoms with Crippen molar-refractivity contribution in [3.63, 3.8) is 0 Å². The van der Waals surface area contributed by atoms with Crippen molar-refractivity contribution < 1.29 is 9.53 Å². The van der Waals surface area contributed by atoms with Gasteiger partial charge in [-0.3, -0.25) is 4.98 Å². The first-order valence-electron chi connectivity index (χ1n) is 6.78. The number of carbonyl (C=O) groups excluding carboxylic acids is 1. The van der Waals surface area contributed by atoms with Crippen LogP contribution >= 0.6 is 11.3 Å². The highest BCUT2D eigenvalue weighted by molar-refractivity contribution is 7.15. The van der Waals surface area contributed by atoms with Gasteiger partial charge in [-0.1, -0.05) is 6.07 Å². The molecular weight excluding hydrogens is 286 g/mol. The lowest BCUT2D eigenvalue weighted by atomic mass is 10.3. The molecule has 2 heterocycles. The van der Waals surface area contributed by atoms with Gasteiger partial charge in [-0.25, -0.2) is 9.78 Å². The highest BCUT2D eigenvalue weighted by Crippen LogP contribution is 2.27. The minimum atomic E-state index is -0.389. The lowest BCUT2D eigenvalue weighted by Crippen LogP contribution is -2.22. The number of carbonyl (C=O) groups is 1. The van der Waals surface area contributed by atoms with Crippen LogP contribution in [-0.4, -0.2) is 29.6 Å². The Morgan fingerprint density at radius 2 is 2.10 bits per heavy atom. The molecule has 0 saturated heterocycles. The first-order chi connectivity index (χ1) is 10.0. The number of rotatable bonds is 5. The molecule has 0 aliphatic carbocycles. The third kappa shape index (κ3) is 3.58. The van der Waals surface area contributed by atoms with E-state index in [1.165, 1.54) is 18.4 Å². The lowest BCUT2D eigenvalue weighted by molar-refractivity contribution is 0.0594. The molecule has 0 aromatic carbocycles. The predicted molar refractivity (Wildman–Crippen MR) is 83.9 cm³/mol. The second-order valence-electron chi connectivity index (χ2n) is 4.68. The number of aryl methyl sites for hydroxylation is 2. The average molecular weight is 305 g/mol. The number of ether oxygens (including phenoxy) is 1. The number of hydrogen-bond acceptors (Lipinski definition) is 6. The van der Waals surface area contributed by atoms with E-state index in [1.807, 2.05) is 32.0 Å². The zero-order valence-corrected chi connectivity index (χ0v) is 13.5. The van der Waals surface area contributed by atoms with Gasteiger partial charge in [0, 0.05) is 17.1 Å². The fourth-order valence-electron chi connectivity index (χ4n) is 2.00. The van der Waals surface area contributed by atoms with E-state index >= 15 is 0 Å². The molecule has 0 aliphatic rings. The second-order valence-corrected chi connectivity index (χ2v) is 5.86. The van der Waals surface area contributed by atoms with Gasteiger partial charge in [-0.15, -0.1) is 11.3 Å². The van der Waals surface area contributed by atoms with Crippen LogP contribution in [0.4, 0.5) is 5.13 Å². The Kier molecular flexibility index (Phi) is 4.90. The van der Waals surface area contributed by atoms with Gasteiger partial charge in [0.1, 0.15) is 0 Å². The summed E-state index contributed by atoms with van der Waals surface area (Å²) in [5.74, 6) is -0.389. The van der Waals surface area contributed by atoms with Crippen LogP contribution in [-0.2, 0) is 11.3 Å². The highest BCUT2D eigenvalue weighted by atomic mass is 32.1. The van der Waals surface area contributed by atoms with Gasteiger partial charge in [0.25, 0.3) is 0 Å². The normalized spacial score (nSPS) is 10.5. The first-order valence-corrected chi connectivity index (χ1v) is 7.60. The van der Waals surface area contributed by atoms with Crippen molar-refractivity contribution in [3.05, 3.63) is 40.2 Å². The van der Waals surface area contributed by atoms with Gasteiger partial charge < -0.3 is 9.64 Å². The molecule has 112 valence electrons. The van der Waals surface area contributed by atoms with Gasteiger partial charge in [0.05, 0.1) is 19.3 Å². The van der Waals surface area contributed by atoms with E-state index in [0.29, 0.717) is 12.2 Å². The maximum Gasteiger partial charge on any atom is 0.357 e. The number of hydrogen-bond donors (Lipinski definition) is 0. The largest absolute Gasteiger partial charge is 0.464 e. The Balaban J connectivity index is 2.23. The number of nitrogens with zero attached hydrogens (tertiary/aromatic N) is 3. The van der Waals surface area contributed by atoms with Gasteiger partial charge in [-0.05, 0) is 32.9 Å². The molecule has 0 N–H and O–H groups in total. The lowest BCUT2D eigenvalue weighted by Gasteiger charge is -2.19. The molecule has 0 radical (unpaired) electrons. The summed E-state index contributed by atoms with van der Waals surface area (Å²) in [4.78, 5) is 23.5. The SMILES string of the molecule is CCN(Cc1cccc(C)n1)c1nc(C(=O)OC)c(C)s1. The van der Waals surface area contributed by atoms with Crippen molar-refractivity contribution in [1.29, 1.82) is 0 Å². The number of aromatic nitrogens is 2. The molecule has 0 spiro atoms. The van der Waals surface area contributed by atoms with Crippen LogP contribution in [0.25, 0.3) is 0 Å². The molecule has 2 aromatic rings. The van der Waals surface area contributed by atoms with E-state index in [1.54, 1.807) is 0 Å². The monoisotopic (exact) mass is 305 g/mol. The molecule has 0 atom stereocenters. The Morgan fingerprint density at radius 1 is 1.33 bits per heavy atom. The van der Waals surface area contributed by atoms with Crippen molar-refractivity contribution >= 4 is 22.4 Å². The second kappa shape index (κ2) is 6.67. The molecule has 21 heavy (non-hydrogen) atoms. The van der Waals surface area contributed by atoms with Crippen LogP contribution in [0.3, 0.4) is 0 Å². The summed E-state index contributed by atoms with van der Waals surface area (Å²) in [5, 5.41) is 0.818. The number of thiazole rings is 1. The van der Waals surface area contributed by atoms with Crippen LogP contribution in [0.15, 0.2) is 18.2 Å². The van der Waals surface area contributed by atoms with Crippen molar-refractivity contribution in [2.45, 2.75) is 27.3 Å². The van der Waals surface area contributed by atoms with E-state index in [2.05, 4.69) is 21.8 Å². The molecule has 0 fully saturated rings. The Bertz CT molecular complexity index is 640. The van der Waals surface area contributed by atoms with Crippen molar-refractivity contribution in [2.24, 2.45) is 0 Å². The van der Waals surface area contributed by atoms with Crippen LogP contribution < -0.4 is 4.90 Å². The smallest absolute Gasteiger partial charge is 0.357 e. The number of pyridine rings is 1. The third-order valence-electron chi connectivity index (χ3n) is 3.12. The standard InChI is InChI=1S/C15H19N3O2S/c1-5-18(9-12-8-6-7-10(2)16-12)15-17-13(11(3)21-15)14(19)20-4/h6-8H,5,9H2,1-4H3. The average Bonchev–Trinajstić information content (AvgIpc) is 2.86. The molecule has 2 aromatic heterocycles. The summed E-state index contributed by atoms with van der Waals surface area (Å²) in [7, 11) is 1.37. The Hall–Kier alpha value is -1.95. The maximum atomic E-state index is 11.7. The molecule has 0 amide bonds. The Labute approximate surface area is 128 Å².